The number of pyridine rings is 1. The minimum atomic E-state index is 0.292. The van der Waals surface area contributed by atoms with Gasteiger partial charge in [0.15, 0.2) is 0 Å². The summed E-state index contributed by atoms with van der Waals surface area (Å²) < 4.78 is 5.00. The number of methoxy groups -OCH3 is 1. The van der Waals surface area contributed by atoms with Gasteiger partial charge in [-0.1, -0.05) is 18.2 Å². The second-order valence-electron chi connectivity index (χ2n) is 3.98. The van der Waals surface area contributed by atoms with Gasteiger partial charge in [0.25, 0.3) is 0 Å². The molecule has 0 fully saturated rings. The summed E-state index contributed by atoms with van der Waals surface area (Å²) in [7, 11) is 1.60. The molecule has 0 unspecified atom stereocenters. The third-order valence-electron chi connectivity index (χ3n) is 2.58. The van der Waals surface area contributed by atoms with E-state index in [-0.39, 0.29) is 0 Å². The first-order valence-corrected chi connectivity index (χ1v) is 5.75. The highest BCUT2D eigenvalue weighted by molar-refractivity contribution is 5.27. The normalized spacial score (nSPS) is 10.3. The van der Waals surface area contributed by atoms with Gasteiger partial charge < -0.3 is 15.2 Å². The molecular weight excluding hydrogens is 228 g/mol. The van der Waals surface area contributed by atoms with Gasteiger partial charge in [-0.25, -0.2) is 4.98 Å². The first-order valence-electron chi connectivity index (χ1n) is 5.75. The van der Waals surface area contributed by atoms with E-state index in [1.165, 1.54) is 0 Å². The first kappa shape index (κ1) is 12.4. The van der Waals surface area contributed by atoms with E-state index in [2.05, 4.69) is 10.3 Å². The lowest BCUT2D eigenvalue weighted by Gasteiger charge is -2.06. The Balaban J connectivity index is 1.84. The summed E-state index contributed by atoms with van der Waals surface area (Å²) in [6.07, 6.45) is 1.79. The molecule has 0 atom stereocenters. The Labute approximate surface area is 106 Å². The lowest BCUT2D eigenvalue weighted by Crippen LogP contribution is -2.12. The Morgan fingerprint density at radius 3 is 2.67 bits per heavy atom. The number of nitrogens with one attached hydrogen (secondary N) is 1. The van der Waals surface area contributed by atoms with Crippen molar-refractivity contribution in [2.75, 3.05) is 7.11 Å². The van der Waals surface area contributed by atoms with Gasteiger partial charge in [0, 0.05) is 25.4 Å². The smallest absolute Gasteiger partial charge is 0.212 e. The minimum Gasteiger partial charge on any atom is -0.508 e. The van der Waals surface area contributed by atoms with Crippen LogP contribution in [-0.4, -0.2) is 17.2 Å². The number of nitrogens with zero attached hydrogens (tertiary/aromatic N) is 1. The van der Waals surface area contributed by atoms with E-state index in [1.807, 2.05) is 24.3 Å². The average Bonchev–Trinajstić information content (AvgIpc) is 2.40. The summed E-state index contributed by atoms with van der Waals surface area (Å²) in [6.45, 7) is 1.44. The third kappa shape index (κ3) is 3.46. The van der Waals surface area contributed by atoms with Crippen molar-refractivity contribution >= 4 is 0 Å². The van der Waals surface area contributed by atoms with Crippen molar-refractivity contribution in [3.8, 4) is 11.6 Å². The SMILES string of the molecule is COc1ccc(CNCc2cccc(O)c2)cn1. The number of benzene rings is 1. The first-order chi connectivity index (χ1) is 8.78. The summed E-state index contributed by atoms with van der Waals surface area (Å²) in [4.78, 5) is 4.13. The van der Waals surface area contributed by atoms with Crippen LogP contribution in [0.5, 0.6) is 11.6 Å². The van der Waals surface area contributed by atoms with E-state index in [0.717, 1.165) is 17.7 Å². The molecule has 2 rings (SSSR count). The summed E-state index contributed by atoms with van der Waals surface area (Å²) in [5.41, 5.74) is 2.15. The lowest BCUT2D eigenvalue weighted by molar-refractivity contribution is 0.397. The maximum atomic E-state index is 9.34. The number of hydrogen-bond acceptors (Lipinski definition) is 4. The number of aromatic hydroxyl groups is 1. The highest BCUT2D eigenvalue weighted by Gasteiger charge is 1.97. The molecule has 4 heteroatoms. The zero-order chi connectivity index (χ0) is 12.8. The van der Waals surface area contributed by atoms with E-state index in [9.17, 15) is 5.11 Å². The van der Waals surface area contributed by atoms with Crippen molar-refractivity contribution in [3.05, 3.63) is 53.7 Å². The number of aromatic nitrogens is 1. The average molecular weight is 244 g/mol. The van der Waals surface area contributed by atoms with E-state index in [4.69, 9.17) is 4.74 Å². The van der Waals surface area contributed by atoms with Gasteiger partial charge in [-0.2, -0.15) is 0 Å². The van der Waals surface area contributed by atoms with Crippen LogP contribution in [-0.2, 0) is 13.1 Å². The van der Waals surface area contributed by atoms with E-state index in [1.54, 1.807) is 25.4 Å². The molecule has 0 radical (unpaired) electrons. The Morgan fingerprint density at radius 1 is 1.17 bits per heavy atom. The Bertz CT molecular complexity index is 497. The van der Waals surface area contributed by atoms with Crippen molar-refractivity contribution in [1.29, 1.82) is 0 Å². The van der Waals surface area contributed by atoms with Crippen LogP contribution >= 0.6 is 0 Å². The van der Waals surface area contributed by atoms with Crippen molar-refractivity contribution in [2.24, 2.45) is 0 Å². The summed E-state index contributed by atoms with van der Waals surface area (Å²) in [5.74, 6) is 0.909. The van der Waals surface area contributed by atoms with Gasteiger partial charge in [0.1, 0.15) is 5.75 Å². The summed E-state index contributed by atoms with van der Waals surface area (Å²) in [6, 6.07) is 11.0. The zero-order valence-electron chi connectivity index (χ0n) is 10.3. The maximum absolute atomic E-state index is 9.34. The second-order valence-corrected chi connectivity index (χ2v) is 3.98. The molecule has 0 saturated heterocycles. The second kappa shape index (κ2) is 6.02. The van der Waals surface area contributed by atoms with E-state index < -0.39 is 0 Å². The molecule has 18 heavy (non-hydrogen) atoms. The molecule has 1 aromatic carbocycles. The monoisotopic (exact) mass is 244 g/mol. The van der Waals surface area contributed by atoms with Gasteiger partial charge in [-0.3, -0.25) is 0 Å². The van der Waals surface area contributed by atoms with E-state index in [0.29, 0.717) is 18.2 Å². The van der Waals surface area contributed by atoms with Gasteiger partial charge in [0.05, 0.1) is 7.11 Å². The number of phenolic OH excluding ortho intramolecular Hbond substituents is 1. The van der Waals surface area contributed by atoms with Crippen LogP contribution < -0.4 is 10.1 Å². The molecule has 0 bridgehead atoms. The highest BCUT2D eigenvalue weighted by Crippen LogP contribution is 2.11. The van der Waals surface area contributed by atoms with Crippen LogP contribution in [0.15, 0.2) is 42.6 Å². The summed E-state index contributed by atoms with van der Waals surface area (Å²) >= 11 is 0. The maximum Gasteiger partial charge on any atom is 0.212 e. The van der Waals surface area contributed by atoms with Crippen LogP contribution in [0.2, 0.25) is 0 Å². The largest absolute Gasteiger partial charge is 0.508 e. The van der Waals surface area contributed by atoms with Crippen LogP contribution in [0.4, 0.5) is 0 Å². The molecule has 0 amide bonds. The van der Waals surface area contributed by atoms with Crippen LogP contribution in [0.3, 0.4) is 0 Å². The van der Waals surface area contributed by atoms with Crippen LogP contribution in [0, 0.1) is 0 Å². The molecule has 94 valence electrons. The fourth-order valence-electron chi connectivity index (χ4n) is 1.65. The molecule has 0 spiro atoms. The Hall–Kier alpha value is -2.07. The fraction of sp³-hybridized carbons (Fsp3) is 0.214. The topological polar surface area (TPSA) is 54.4 Å². The molecule has 0 saturated carbocycles. The van der Waals surface area contributed by atoms with Crippen molar-refractivity contribution in [2.45, 2.75) is 13.1 Å². The molecule has 0 aliphatic heterocycles. The highest BCUT2D eigenvalue weighted by atomic mass is 16.5. The molecule has 2 aromatic rings. The Kier molecular flexibility index (Phi) is 4.15. The van der Waals surface area contributed by atoms with Crippen molar-refractivity contribution in [3.63, 3.8) is 0 Å². The molecular formula is C14H16N2O2. The van der Waals surface area contributed by atoms with Crippen LogP contribution in [0.25, 0.3) is 0 Å². The predicted molar refractivity (Wildman–Crippen MR) is 69.4 cm³/mol. The molecule has 0 aliphatic rings. The van der Waals surface area contributed by atoms with Crippen molar-refractivity contribution in [1.82, 2.24) is 10.3 Å². The summed E-state index contributed by atoms with van der Waals surface area (Å²) in [5, 5.41) is 12.6. The molecule has 0 aliphatic carbocycles. The standard InChI is InChI=1S/C14H16N2O2/c1-18-14-6-5-12(10-16-14)9-15-8-11-3-2-4-13(17)7-11/h2-7,10,15,17H,8-9H2,1H3. The Morgan fingerprint density at radius 2 is 2.00 bits per heavy atom. The molecule has 2 N–H and O–H groups in total. The minimum absolute atomic E-state index is 0.292. The third-order valence-corrected chi connectivity index (χ3v) is 2.58. The zero-order valence-corrected chi connectivity index (χ0v) is 10.3. The van der Waals surface area contributed by atoms with E-state index >= 15 is 0 Å². The van der Waals surface area contributed by atoms with Crippen molar-refractivity contribution < 1.29 is 9.84 Å². The number of ether oxygens (including phenoxy) is 1. The number of phenols is 1. The number of rotatable bonds is 5. The lowest BCUT2D eigenvalue weighted by atomic mass is 10.2. The van der Waals surface area contributed by atoms with Gasteiger partial charge in [0.2, 0.25) is 5.88 Å². The predicted octanol–water partition coefficient (Wildman–Crippen LogP) is 2.09. The van der Waals surface area contributed by atoms with Gasteiger partial charge in [-0.05, 0) is 23.3 Å². The quantitative estimate of drug-likeness (QED) is 0.845. The number of hydrogen-bond donors (Lipinski definition) is 2. The molecule has 1 heterocycles. The molecule has 4 nitrogen and oxygen atoms in total. The van der Waals surface area contributed by atoms with Gasteiger partial charge >= 0.3 is 0 Å². The fourth-order valence-corrected chi connectivity index (χ4v) is 1.65. The van der Waals surface area contributed by atoms with Gasteiger partial charge in [-0.15, -0.1) is 0 Å². The molecule has 1 aromatic heterocycles. The van der Waals surface area contributed by atoms with Crippen LogP contribution in [0.1, 0.15) is 11.1 Å².